The van der Waals surface area contributed by atoms with Gasteiger partial charge in [-0.2, -0.15) is 13.2 Å². The summed E-state index contributed by atoms with van der Waals surface area (Å²) in [4.78, 5) is 13.0. The maximum Gasteiger partial charge on any atom is 0.416 e. The number of esters is 1. The molecule has 0 amide bonds. The highest BCUT2D eigenvalue weighted by molar-refractivity contribution is 5.89. The molecule has 0 aromatic heterocycles. The number of halogens is 3. The topological polar surface area (TPSA) is 44.8 Å². The van der Waals surface area contributed by atoms with Gasteiger partial charge in [0.1, 0.15) is 5.75 Å². The molecule has 1 heterocycles. The number of hydrogen-bond acceptors (Lipinski definition) is 4. The summed E-state index contributed by atoms with van der Waals surface area (Å²) in [5, 5.41) is 0. The SMILES string of the molecule is COC(=O)C(OC(C)(C)C)c1c(C(F)(F)F)ccc(C2=CCCC2)c1-c1ccc2c(c1)CCCO2. The molecule has 0 N–H and O–H groups in total. The lowest BCUT2D eigenvalue weighted by Gasteiger charge is -2.31. The van der Waals surface area contributed by atoms with Crippen LogP contribution in [0.3, 0.4) is 0 Å². The van der Waals surface area contributed by atoms with Crippen molar-refractivity contribution in [1.82, 2.24) is 0 Å². The van der Waals surface area contributed by atoms with E-state index in [0.29, 0.717) is 23.3 Å². The molecule has 4 nitrogen and oxygen atoms in total. The van der Waals surface area contributed by atoms with Gasteiger partial charge in [-0.25, -0.2) is 4.79 Å². The Morgan fingerprint density at radius 2 is 1.83 bits per heavy atom. The minimum Gasteiger partial charge on any atom is -0.493 e. The second-order valence-corrected chi connectivity index (χ2v) is 9.98. The van der Waals surface area contributed by atoms with Crippen LogP contribution < -0.4 is 4.74 Å². The first-order valence-electron chi connectivity index (χ1n) is 11.9. The van der Waals surface area contributed by atoms with Crippen LogP contribution in [-0.2, 0) is 26.9 Å². The third-order valence-electron chi connectivity index (χ3n) is 6.28. The summed E-state index contributed by atoms with van der Waals surface area (Å²) in [5.74, 6) is -0.129. The monoisotopic (exact) mass is 488 g/mol. The molecule has 0 fully saturated rings. The zero-order valence-electron chi connectivity index (χ0n) is 20.6. The van der Waals surface area contributed by atoms with Crippen LogP contribution in [0.15, 0.2) is 36.4 Å². The summed E-state index contributed by atoms with van der Waals surface area (Å²) >= 11 is 0. The smallest absolute Gasteiger partial charge is 0.416 e. The first-order chi connectivity index (χ1) is 16.5. The number of methoxy groups -OCH3 is 1. The number of allylic oxidation sites excluding steroid dienone is 2. The van der Waals surface area contributed by atoms with E-state index in [-0.39, 0.29) is 5.56 Å². The van der Waals surface area contributed by atoms with Gasteiger partial charge in [0.15, 0.2) is 6.10 Å². The van der Waals surface area contributed by atoms with Crippen molar-refractivity contribution in [3.8, 4) is 16.9 Å². The highest BCUT2D eigenvalue weighted by atomic mass is 19.4. The first kappa shape index (κ1) is 25.3. The summed E-state index contributed by atoms with van der Waals surface area (Å²) in [6.07, 6.45) is -0.0251. The van der Waals surface area contributed by atoms with E-state index in [2.05, 4.69) is 6.08 Å². The van der Waals surface area contributed by atoms with Gasteiger partial charge in [-0.1, -0.05) is 18.2 Å². The third-order valence-corrected chi connectivity index (χ3v) is 6.28. The van der Waals surface area contributed by atoms with Crippen LogP contribution in [0.4, 0.5) is 13.2 Å². The number of fused-ring (bicyclic) bond motifs is 1. The predicted molar refractivity (Wildman–Crippen MR) is 128 cm³/mol. The first-order valence-corrected chi connectivity index (χ1v) is 11.9. The summed E-state index contributed by atoms with van der Waals surface area (Å²) in [6, 6.07) is 8.06. The number of rotatable bonds is 5. The average molecular weight is 489 g/mol. The Hall–Kier alpha value is -2.80. The Balaban J connectivity index is 2.07. The van der Waals surface area contributed by atoms with Crippen LogP contribution in [0.2, 0.25) is 0 Å². The van der Waals surface area contributed by atoms with Crippen molar-refractivity contribution >= 4 is 11.5 Å². The number of carbonyl (C=O) groups is 1. The molecule has 1 aliphatic heterocycles. The molecule has 1 unspecified atom stereocenters. The zero-order chi connectivity index (χ0) is 25.4. The maximum atomic E-state index is 14.4. The van der Waals surface area contributed by atoms with E-state index in [4.69, 9.17) is 14.2 Å². The Kier molecular flexibility index (Phi) is 7.00. The summed E-state index contributed by atoms with van der Waals surface area (Å²) in [6.45, 7) is 5.73. The molecule has 4 rings (SSSR count). The second-order valence-electron chi connectivity index (χ2n) is 9.98. The van der Waals surface area contributed by atoms with Crippen LogP contribution in [0, 0.1) is 0 Å². The lowest BCUT2D eigenvalue weighted by molar-refractivity contribution is -0.166. The number of aryl methyl sites for hydroxylation is 1. The normalized spacial score (nSPS) is 16.8. The molecule has 1 aliphatic carbocycles. The van der Waals surface area contributed by atoms with Gasteiger partial charge in [0.05, 0.1) is 24.9 Å². The number of benzene rings is 2. The summed E-state index contributed by atoms with van der Waals surface area (Å²) in [5.41, 5.74) is 1.56. The lowest BCUT2D eigenvalue weighted by Crippen LogP contribution is -2.30. The molecular weight excluding hydrogens is 457 g/mol. The molecule has 0 bridgehead atoms. The molecule has 7 heteroatoms. The van der Waals surface area contributed by atoms with Gasteiger partial charge in [-0.15, -0.1) is 0 Å². The molecular formula is C28H31F3O4. The third kappa shape index (κ3) is 5.40. The van der Waals surface area contributed by atoms with E-state index < -0.39 is 29.4 Å². The van der Waals surface area contributed by atoms with Gasteiger partial charge in [0, 0.05) is 5.56 Å². The average Bonchev–Trinajstić information content (AvgIpc) is 3.34. The molecule has 1 atom stereocenters. The Labute approximate surface area is 204 Å². The fourth-order valence-electron chi connectivity index (χ4n) is 4.83. The van der Waals surface area contributed by atoms with Crippen molar-refractivity contribution in [1.29, 1.82) is 0 Å². The molecule has 188 valence electrons. The number of carbonyl (C=O) groups excluding carboxylic acids is 1. The standard InChI is InChI=1S/C28H31F3O4/c1-27(2,3)35-25(26(32)33-4)24-21(28(29,30)31)13-12-20(17-8-5-6-9-17)23(24)19-11-14-22-18(16-19)10-7-15-34-22/h8,11-14,16,25H,5-7,9-10,15H2,1-4H3. The van der Waals surface area contributed by atoms with Crippen LogP contribution in [0.1, 0.15) is 74.8 Å². The van der Waals surface area contributed by atoms with Gasteiger partial charge in [-0.3, -0.25) is 0 Å². The van der Waals surface area contributed by atoms with E-state index in [1.54, 1.807) is 32.9 Å². The highest BCUT2D eigenvalue weighted by Gasteiger charge is 2.42. The lowest BCUT2D eigenvalue weighted by atomic mass is 9.83. The van der Waals surface area contributed by atoms with Crippen LogP contribution in [-0.4, -0.2) is 25.3 Å². The van der Waals surface area contributed by atoms with Crippen molar-refractivity contribution in [2.75, 3.05) is 13.7 Å². The van der Waals surface area contributed by atoms with E-state index in [1.165, 1.54) is 6.07 Å². The Morgan fingerprint density at radius 1 is 1.06 bits per heavy atom. The molecule has 0 saturated heterocycles. The van der Waals surface area contributed by atoms with Gasteiger partial charge in [0.25, 0.3) is 0 Å². The van der Waals surface area contributed by atoms with Gasteiger partial charge in [-0.05, 0) is 98.9 Å². The molecule has 35 heavy (non-hydrogen) atoms. The minimum absolute atomic E-state index is 0.207. The van der Waals surface area contributed by atoms with Crippen molar-refractivity contribution < 1.29 is 32.2 Å². The fourth-order valence-corrected chi connectivity index (χ4v) is 4.83. The number of ether oxygens (including phenoxy) is 3. The maximum absolute atomic E-state index is 14.4. The summed E-state index contributed by atoms with van der Waals surface area (Å²) < 4.78 is 60.0. The quantitative estimate of drug-likeness (QED) is 0.415. The Morgan fingerprint density at radius 3 is 2.46 bits per heavy atom. The molecule has 0 radical (unpaired) electrons. The van der Waals surface area contributed by atoms with E-state index in [1.807, 2.05) is 6.07 Å². The predicted octanol–water partition coefficient (Wildman–Crippen LogP) is 7.29. The van der Waals surface area contributed by atoms with Gasteiger partial charge < -0.3 is 14.2 Å². The molecule has 0 saturated carbocycles. The van der Waals surface area contributed by atoms with Crippen molar-refractivity contribution in [2.45, 2.75) is 70.8 Å². The number of alkyl halides is 3. The van der Waals surface area contributed by atoms with Crippen molar-refractivity contribution in [3.05, 3.63) is 58.7 Å². The van der Waals surface area contributed by atoms with Crippen LogP contribution in [0.5, 0.6) is 5.75 Å². The van der Waals surface area contributed by atoms with E-state index in [0.717, 1.165) is 62.2 Å². The van der Waals surface area contributed by atoms with Gasteiger partial charge >= 0.3 is 12.1 Å². The second kappa shape index (κ2) is 9.69. The van der Waals surface area contributed by atoms with E-state index in [9.17, 15) is 18.0 Å². The van der Waals surface area contributed by atoms with Crippen LogP contribution in [0.25, 0.3) is 16.7 Å². The fraction of sp³-hybridized carbons (Fsp3) is 0.464. The summed E-state index contributed by atoms with van der Waals surface area (Å²) in [7, 11) is 1.16. The minimum atomic E-state index is -4.70. The highest BCUT2D eigenvalue weighted by Crippen LogP contribution is 2.47. The van der Waals surface area contributed by atoms with Crippen LogP contribution >= 0.6 is 0 Å². The molecule has 2 aromatic rings. The number of hydrogen-bond donors (Lipinski definition) is 0. The van der Waals surface area contributed by atoms with Crippen molar-refractivity contribution in [2.24, 2.45) is 0 Å². The van der Waals surface area contributed by atoms with E-state index >= 15 is 0 Å². The molecule has 2 aliphatic rings. The van der Waals surface area contributed by atoms with Crippen molar-refractivity contribution in [3.63, 3.8) is 0 Å². The van der Waals surface area contributed by atoms with Gasteiger partial charge in [0.2, 0.25) is 0 Å². The Bertz CT molecular complexity index is 1140. The molecule has 2 aromatic carbocycles. The zero-order valence-corrected chi connectivity index (χ0v) is 20.6. The molecule has 0 spiro atoms. The largest absolute Gasteiger partial charge is 0.493 e.